The van der Waals surface area contributed by atoms with Gasteiger partial charge in [-0.15, -0.1) is 0 Å². The summed E-state index contributed by atoms with van der Waals surface area (Å²) in [5.41, 5.74) is 14.0. The highest BCUT2D eigenvalue weighted by atomic mass is 15.0. The Bertz CT molecular complexity index is 2600. The van der Waals surface area contributed by atoms with Gasteiger partial charge in [-0.3, -0.25) is 0 Å². The number of fused-ring (bicyclic) bond motifs is 6. The highest BCUT2D eigenvalue weighted by molar-refractivity contribution is 6.18. The van der Waals surface area contributed by atoms with Crippen LogP contribution >= 0.6 is 0 Å². The molecule has 0 amide bonds. The molecule has 0 saturated heterocycles. The third-order valence-corrected chi connectivity index (χ3v) is 9.37. The average molecular weight is 671 g/mol. The molecule has 0 aliphatic heterocycles. The molecule has 2 nitrogen and oxygen atoms in total. The molecule has 2 N–H and O–H groups in total. The van der Waals surface area contributed by atoms with Crippen molar-refractivity contribution < 1.29 is 0 Å². The molecule has 0 radical (unpaired) electrons. The zero-order valence-electron chi connectivity index (χ0n) is 29.4. The van der Waals surface area contributed by atoms with Gasteiger partial charge in [0.15, 0.2) is 0 Å². The number of hydrogen-bond donors (Lipinski definition) is 1. The first-order valence-electron chi connectivity index (χ1n) is 17.8. The van der Waals surface area contributed by atoms with Crippen molar-refractivity contribution in [3.05, 3.63) is 229 Å². The van der Waals surface area contributed by atoms with E-state index in [4.69, 9.17) is 5.73 Å². The van der Waals surface area contributed by atoms with Crippen LogP contribution in [0.3, 0.4) is 0 Å². The van der Waals surface area contributed by atoms with Gasteiger partial charge in [0, 0.05) is 21.8 Å². The molecule has 0 fully saturated rings. The molecule has 0 bridgehead atoms. The number of rotatable bonds is 5. The van der Waals surface area contributed by atoms with Crippen LogP contribution in [-0.2, 0) is 6.42 Å². The van der Waals surface area contributed by atoms with Gasteiger partial charge in [-0.05, 0) is 88.3 Å². The third-order valence-electron chi connectivity index (χ3n) is 9.37. The van der Waals surface area contributed by atoms with Gasteiger partial charge >= 0.3 is 0 Å². The fraction of sp³-hybridized carbons (Fsp3) is 0.0400. The van der Waals surface area contributed by atoms with Crippen molar-refractivity contribution in [1.82, 2.24) is 4.57 Å². The number of aryl methyl sites for hydroxylation is 1. The maximum atomic E-state index is 5.29. The lowest BCUT2D eigenvalue weighted by atomic mass is 9.98. The van der Waals surface area contributed by atoms with E-state index < -0.39 is 0 Å². The lowest BCUT2D eigenvalue weighted by Crippen LogP contribution is -1.94. The van der Waals surface area contributed by atoms with E-state index in [1.54, 1.807) is 6.20 Å². The molecule has 0 atom stereocenters. The predicted molar refractivity (Wildman–Crippen MR) is 227 cm³/mol. The van der Waals surface area contributed by atoms with Crippen LogP contribution in [0.25, 0.3) is 54.6 Å². The van der Waals surface area contributed by atoms with Gasteiger partial charge in [0.05, 0.1) is 11.0 Å². The van der Waals surface area contributed by atoms with E-state index >= 15 is 0 Å². The minimum Gasteiger partial charge on any atom is -0.405 e. The fourth-order valence-electron chi connectivity index (χ4n) is 6.86. The summed E-state index contributed by atoms with van der Waals surface area (Å²) in [6.07, 6.45) is 31.3. The van der Waals surface area contributed by atoms with E-state index in [0.29, 0.717) is 0 Å². The van der Waals surface area contributed by atoms with Crippen molar-refractivity contribution in [2.45, 2.75) is 13.3 Å². The number of nitrogens with zero attached hydrogens (tertiary/aromatic N) is 1. The van der Waals surface area contributed by atoms with E-state index in [1.165, 1.54) is 71.3 Å². The Balaban J connectivity index is 0.000000208. The van der Waals surface area contributed by atoms with Crippen LogP contribution in [0.1, 0.15) is 16.7 Å². The molecule has 52 heavy (non-hydrogen) atoms. The first-order valence-corrected chi connectivity index (χ1v) is 17.8. The summed E-state index contributed by atoms with van der Waals surface area (Å²) >= 11 is 0. The summed E-state index contributed by atoms with van der Waals surface area (Å²) in [4.78, 5) is 0. The van der Waals surface area contributed by atoms with Crippen LogP contribution in [0, 0.1) is 6.92 Å². The Morgan fingerprint density at radius 1 is 0.558 bits per heavy atom. The molecular weight excluding hydrogens is 629 g/mol. The Kier molecular flexibility index (Phi) is 10.7. The number of nitrogens with two attached hydrogens (primary N) is 1. The Morgan fingerprint density at radius 3 is 2.02 bits per heavy atom. The Morgan fingerprint density at radius 2 is 1.23 bits per heavy atom. The smallest absolute Gasteiger partial charge is 0.0619 e. The number of benzene rings is 6. The standard InChI is InChI=1S/C34H25N.C16H17N/c1-2-4-6-9-15-26(16-10-7-5-3-1)27-21-23-30-28(25-27)22-24-32-31-19-13-14-20-33(31)35(34(30)32)29-17-11-8-12-18-29;1-13-10-11-14(7-3-2-6-12-17)16-9-5-4-8-15(13)16/h1-25H;2-6,8-12H,7,17H2,1H3/b2-1-,3-1?,4-2?,5-3-,6-4+,7-5?,9-6?,10-7+,15-9-,16-10?,26-15?,26-16+;3-2-,12-6-. The average Bonchev–Trinajstić information content (AvgIpc) is 3.53. The summed E-state index contributed by atoms with van der Waals surface area (Å²) in [7, 11) is 0. The van der Waals surface area contributed by atoms with Gasteiger partial charge in [0.2, 0.25) is 0 Å². The monoisotopic (exact) mass is 670 g/mol. The fourth-order valence-corrected chi connectivity index (χ4v) is 6.86. The van der Waals surface area contributed by atoms with Crippen molar-refractivity contribution >= 4 is 48.9 Å². The van der Waals surface area contributed by atoms with E-state index in [1.807, 2.05) is 42.5 Å². The van der Waals surface area contributed by atoms with E-state index in [0.717, 1.165) is 6.42 Å². The molecule has 1 aliphatic carbocycles. The number of para-hydroxylation sites is 2. The maximum Gasteiger partial charge on any atom is 0.0619 e. The van der Waals surface area contributed by atoms with Crippen LogP contribution in [0.15, 0.2) is 213 Å². The van der Waals surface area contributed by atoms with Crippen LogP contribution in [0.2, 0.25) is 0 Å². The lowest BCUT2D eigenvalue weighted by Gasteiger charge is -2.11. The molecule has 1 aromatic heterocycles. The molecule has 0 unspecified atom stereocenters. The predicted octanol–water partition coefficient (Wildman–Crippen LogP) is 12.8. The largest absolute Gasteiger partial charge is 0.405 e. The molecule has 1 heterocycles. The molecule has 7 aromatic rings. The Labute approximate surface area is 306 Å². The molecule has 0 saturated carbocycles. The van der Waals surface area contributed by atoms with E-state index in [-0.39, 0.29) is 0 Å². The molecule has 2 heteroatoms. The maximum absolute atomic E-state index is 5.29. The molecular formula is C50H42N2. The summed E-state index contributed by atoms with van der Waals surface area (Å²) in [5.74, 6) is 0. The summed E-state index contributed by atoms with van der Waals surface area (Å²) in [5, 5.41) is 7.73. The van der Waals surface area contributed by atoms with E-state index in [9.17, 15) is 0 Å². The van der Waals surface area contributed by atoms with Gasteiger partial charge in [-0.25, -0.2) is 0 Å². The topological polar surface area (TPSA) is 30.9 Å². The van der Waals surface area contributed by atoms with Crippen molar-refractivity contribution in [2.24, 2.45) is 5.73 Å². The van der Waals surface area contributed by atoms with Gasteiger partial charge in [0.25, 0.3) is 0 Å². The summed E-state index contributed by atoms with van der Waals surface area (Å²) < 4.78 is 2.40. The summed E-state index contributed by atoms with van der Waals surface area (Å²) in [6.45, 7) is 2.15. The number of hydrogen-bond acceptors (Lipinski definition) is 1. The first kappa shape index (κ1) is 33.8. The molecule has 252 valence electrons. The second-order valence-corrected chi connectivity index (χ2v) is 12.7. The quantitative estimate of drug-likeness (QED) is 0.182. The van der Waals surface area contributed by atoms with Gasteiger partial charge in [-0.2, -0.15) is 0 Å². The number of allylic oxidation sites excluding steroid dienone is 15. The second kappa shape index (κ2) is 16.4. The molecule has 8 rings (SSSR count). The van der Waals surface area contributed by atoms with Crippen molar-refractivity contribution in [3.63, 3.8) is 0 Å². The highest BCUT2D eigenvalue weighted by Gasteiger charge is 2.15. The van der Waals surface area contributed by atoms with Crippen LogP contribution in [0.5, 0.6) is 0 Å². The van der Waals surface area contributed by atoms with Crippen molar-refractivity contribution in [2.75, 3.05) is 0 Å². The first-order chi connectivity index (χ1) is 25.7. The van der Waals surface area contributed by atoms with Gasteiger partial charge < -0.3 is 10.3 Å². The van der Waals surface area contributed by atoms with Crippen LogP contribution < -0.4 is 5.73 Å². The minimum absolute atomic E-state index is 0.936. The molecule has 6 aromatic carbocycles. The van der Waals surface area contributed by atoms with Gasteiger partial charge in [0.1, 0.15) is 0 Å². The minimum atomic E-state index is 0.936. The normalized spacial score (nSPS) is 17.3. The van der Waals surface area contributed by atoms with Gasteiger partial charge in [-0.1, -0.05) is 176 Å². The second-order valence-electron chi connectivity index (χ2n) is 12.7. The van der Waals surface area contributed by atoms with Crippen molar-refractivity contribution in [1.29, 1.82) is 0 Å². The van der Waals surface area contributed by atoms with Crippen molar-refractivity contribution in [3.8, 4) is 5.69 Å². The van der Waals surface area contributed by atoms with Crippen LogP contribution in [-0.4, -0.2) is 4.57 Å². The van der Waals surface area contributed by atoms with E-state index in [2.05, 4.69) is 175 Å². The summed E-state index contributed by atoms with van der Waals surface area (Å²) in [6, 6.07) is 43.6. The Hall–Kier alpha value is -6.64. The molecule has 0 spiro atoms. The molecule has 1 aliphatic rings. The van der Waals surface area contributed by atoms with Crippen LogP contribution in [0.4, 0.5) is 0 Å². The SMILES string of the molecule is C1=C\C=C\C=C/C(c2ccc3c(ccc4c5ccccc5n(-c5ccccc5)c34)c2)=C\C=C\C=C/1.Cc1ccc(C/C=C\C=C/N)c2ccccc12. The lowest BCUT2D eigenvalue weighted by molar-refractivity contribution is 1.19. The highest BCUT2D eigenvalue weighted by Crippen LogP contribution is 2.37. The third kappa shape index (κ3) is 7.43. The zero-order valence-corrected chi connectivity index (χ0v) is 29.4. The number of aromatic nitrogens is 1. The zero-order chi connectivity index (χ0) is 35.5.